The molecule has 2 heterocycles. The molecule has 26 heavy (non-hydrogen) atoms. The zero-order valence-electron chi connectivity index (χ0n) is 13.9. The fourth-order valence-electron chi connectivity index (χ4n) is 2.76. The SMILES string of the molecule is CS(=O)(=O)c1ccc(Cl)c(NC(=O)[C@H]2CC(=O)N(Cc3ccco3)C2)c1. The molecule has 1 aromatic heterocycles. The number of sulfone groups is 1. The molecule has 1 N–H and O–H groups in total. The summed E-state index contributed by atoms with van der Waals surface area (Å²) >= 11 is 6.05. The van der Waals surface area contributed by atoms with Gasteiger partial charge in [0.1, 0.15) is 5.76 Å². The quantitative estimate of drug-likeness (QED) is 0.836. The molecule has 1 fully saturated rings. The van der Waals surface area contributed by atoms with Gasteiger partial charge in [-0.25, -0.2) is 8.42 Å². The molecule has 1 aliphatic rings. The van der Waals surface area contributed by atoms with E-state index in [2.05, 4.69) is 5.32 Å². The normalized spacial score (nSPS) is 17.5. The Hall–Kier alpha value is -2.32. The fraction of sp³-hybridized carbons (Fsp3) is 0.294. The van der Waals surface area contributed by atoms with E-state index in [1.54, 1.807) is 17.0 Å². The summed E-state index contributed by atoms with van der Waals surface area (Å²) in [7, 11) is -3.43. The highest BCUT2D eigenvalue weighted by Gasteiger charge is 2.34. The maximum atomic E-state index is 12.5. The molecule has 0 saturated carbocycles. The van der Waals surface area contributed by atoms with E-state index >= 15 is 0 Å². The smallest absolute Gasteiger partial charge is 0.229 e. The van der Waals surface area contributed by atoms with Crippen LogP contribution in [0.15, 0.2) is 45.9 Å². The zero-order chi connectivity index (χ0) is 18.9. The average Bonchev–Trinajstić information content (AvgIpc) is 3.19. The highest BCUT2D eigenvalue weighted by atomic mass is 35.5. The maximum absolute atomic E-state index is 12.5. The van der Waals surface area contributed by atoms with Gasteiger partial charge in [-0.1, -0.05) is 11.6 Å². The predicted molar refractivity (Wildman–Crippen MR) is 95.4 cm³/mol. The molecule has 1 aliphatic heterocycles. The second-order valence-corrected chi connectivity index (χ2v) is 8.58. The molecule has 138 valence electrons. The number of benzene rings is 1. The molecule has 2 aromatic rings. The Kier molecular flexibility index (Phi) is 5.06. The second-order valence-electron chi connectivity index (χ2n) is 6.16. The van der Waals surface area contributed by atoms with E-state index in [0.29, 0.717) is 12.3 Å². The first kappa shape index (κ1) is 18.5. The van der Waals surface area contributed by atoms with E-state index in [1.807, 2.05) is 0 Å². The molecule has 1 atom stereocenters. The first-order valence-electron chi connectivity index (χ1n) is 7.84. The standard InChI is InChI=1S/C17H17ClN2O5S/c1-26(23,24)13-4-5-14(18)15(8-13)19-17(22)11-7-16(21)20(9-11)10-12-3-2-6-25-12/h2-6,8,11H,7,9-10H2,1H3,(H,19,22)/t11-/m0/s1. The van der Waals surface area contributed by atoms with Crippen LogP contribution in [0.3, 0.4) is 0 Å². The maximum Gasteiger partial charge on any atom is 0.229 e. The van der Waals surface area contributed by atoms with Gasteiger partial charge >= 0.3 is 0 Å². The third-order valence-corrected chi connectivity index (χ3v) is 5.58. The van der Waals surface area contributed by atoms with Gasteiger partial charge < -0.3 is 14.6 Å². The molecule has 0 aliphatic carbocycles. The lowest BCUT2D eigenvalue weighted by Gasteiger charge is -2.15. The van der Waals surface area contributed by atoms with Crippen LogP contribution in [0.2, 0.25) is 5.02 Å². The number of rotatable bonds is 5. The molecule has 3 rings (SSSR count). The Balaban J connectivity index is 1.70. The van der Waals surface area contributed by atoms with Crippen LogP contribution in [-0.2, 0) is 26.0 Å². The summed E-state index contributed by atoms with van der Waals surface area (Å²) in [5.41, 5.74) is 0.205. The van der Waals surface area contributed by atoms with Crippen molar-refractivity contribution in [2.75, 3.05) is 18.1 Å². The van der Waals surface area contributed by atoms with Gasteiger partial charge in [0.25, 0.3) is 0 Å². The van der Waals surface area contributed by atoms with Crippen LogP contribution in [0, 0.1) is 5.92 Å². The van der Waals surface area contributed by atoms with Crippen molar-refractivity contribution in [3.05, 3.63) is 47.4 Å². The topological polar surface area (TPSA) is 96.7 Å². The number of carbonyl (C=O) groups is 2. The molecule has 7 nitrogen and oxygen atoms in total. The van der Waals surface area contributed by atoms with Crippen molar-refractivity contribution >= 4 is 38.9 Å². The van der Waals surface area contributed by atoms with E-state index in [-0.39, 0.29) is 40.4 Å². The summed E-state index contributed by atoms with van der Waals surface area (Å²) in [4.78, 5) is 26.2. The number of hydrogen-bond donors (Lipinski definition) is 1. The summed E-state index contributed by atoms with van der Waals surface area (Å²) in [5.74, 6) is -0.427. The minimum Gasteiger partial charge on any atom is -0.467 e. The van der Waals surface area contributed by atoms with Crippen LogP contribution in [0.25, 0.3) is 0 Å². The number of nitrogens with zero attached hydrogens (tertiary/aromatic N) is 1. The summed E-state index contributed by atoms with van der Waals surface area (Å²) in [5, 5.41) is 2.85. The second kappa shape index (κ2) is 7.13. The number of amides is 2. The number of carbonyl (C=O) groups excluding carboxylic acids is 2. The molecule has 9 heteroatoms. The van der Waals surface area contributed by atoms with Crippen LogP contribution in [0.5, 0.6) is 0 Å². The number of furan rings is 1. The van der Waals surface area contributed by atoms with E-state index in [9.17, 15) is 18.0 Å². The van der Waals surface area contributed by atoms with Crippen molar-refractivity contribution in [3.63, 3.8) is 0 Å². The number of nitrogens with one attached hydrogen (secondary N) is 1. The predicted octanol–water partition coefficient (Wildman–Crippen LogP) is 2.32. The van der Waals surface area contributed by atoms with Gasteiger partial charge in [0, 0.05) is 19.2 Å². The van der Waals surface area contributed by atoms with Gasteiger partial charge in [-0.3, -0.25) is 9.59 Å². The molecular formula is C17H17ClN2O5S. The van der Waals surface area contributed by atoms with Crippen molar-refractivity contribution in [2.45, 2.75) is 17.9 Å². The Morgan fingerprint density at radius 2 is 2.15 bits per heavy atom. The molecule has 1 saturated heterocycles. The average molecular weight is 397 g/mol. The van der Waals surface area contributed by atoms with Gasteiger partial charge in [0.05, 0.1) is 34.3 Å². The van der Waals surface area contributed by atoms with Crippen molar-refractivity contribution in [1.29, 1.82) is 0 Å². The van der Waals surface area contributed by atoms with Crippen molar-refractivity contribution in [2.24, 2.45) is 5.92 Å². The Morgan fingerprint density at radius 3 is 2.81 bits per heavy atom. The molecule has 2 amide bonds. The lowest BCUT2D eigenvalue weighted by atomic mass is 10.1. The number of halogens is 1. The number of likely N-dealkylation sites (tertiary alicyclic amines) is 1. The summed E-state index contributed by atoms with van der Waals surface area (Å²) in [6, 6.07) is 7.59. The van der Waals surface area contributed by atoms with Gasteiger partial charge in [-0.05, 0) is 30.3 Å². The summed E-state index contributed by atoms with van der Waals surface area (Å²) < 4.78 is 28.5. The molecule has 1 aromatic carbocycles. The van der Waals surface area contributed by atoms with Crippen molar-refractivity contribution < 1.29 is 22.4 Å². The van der Waals surface area contributed by atoms with Gasteiger partial charge in [-0.2, -0.15) is 0 Å². The summed E-state index contributed by atoms with van der Waals surface area (Å²) in [6.45, 7) is 0.564. The van der Waals surface area contributed by atoms with Crippen molar-refractivity contribution in [1.82, 2.24) is 4.90 Å². The van der Waals surface area contributed by atoms with E-state index in [4.69, 9.17) is 16.0 Å². The first-order valence-corrected chi connectivity index (χ1v) is 10.1. The molecule has 0 radical (unpaired) electrons. The zero-order valence-corrected chi connectivity index (χ0v) is 15.5. The molecule has 0 spiro atoms. The number of anilines is 1. The summed E-state index contributed by atoms with van der Waals surface area (Å²) in [6.07, 6.45) is 2.68. The highest BCUT2D eigenvalue weighted by Crippen LogP contribution is 2.27. The van der Waals surface area contributed by atoms with E-state index in [1.165, 1.54) is 24.5 Å². The van der Waals surface area contributed by atoms with Crippen molar-refractivity contribution in [3.8, 4) is 0 Å². The lowest BCUT2D eigenvalue weighted by Crippen LogP contribution is -2.28. The lowest BCUT2D eigenvalue weighted by molar-refractivity contribution is -0.128. The monoisotopic (exact) mass is 396 g/mol. The Morgan fingerprint density at radius 1 is 1.38 bits per heavy atom. The largest absolute Gasteiger partial charge is 0.467 e. The Bertz CT molecular complexity index is 940. The molecule has 0 bridgehead atoms. The molecule has 0 unspecified atom stereocenters. The van der Waals surface area contributed by atoms with Crippen LogP contribution < -0.4 is 5.32 Å². The Labute approximate surface area is 155 Å². The fourth-order valence-corrected chi connectivity index (χ4v) is 3.57. The van der Waals surface area contributed by atoms with E-state index < -0.39 is 15.8 Å². The van der Waals surface area contributed by atoms with Crippen LogP contribution in [0.1, 0.15) is 12.2 Å². The first-order chi connectivity index (χ1) is 12.2. The highest BCUT2D eigenvalue weighted by molar-refractivity contribution is 7.90. The van der Waals surface area contributed by atoms with Crippen LogP contribution in [0.4, 0.5) is 5.69 Å². The van der Waals surface area contributed by atoms with Gasteiger partial charge in [0.2, 0.25) is 11.8 Å². The van der Waals surface area contributed by atoms with Gasteiger partial charge in [0.15, 0.2) is 9.84 Å². The minimum absolute atomic E-state index is 0.0548. The number of hydrogen-bond acceptors (Lipinski definition) is 5. The van der Waals surface area contributed by atoms with Crippen LogP contribution >= 0.6 is 11.6 Å². The third kappa shape index (κ3) is 4.08. The third-order valence-electron chi connectivity index (χ3n) is 4.14. The van der Waals surface area contributed by atoms with Gasteiger partial charge in [-0.15, -0.1) is 0 Å². The van der Waals surface area contributed by atoms with E-state index in [0.717, 1.165) is 6.26 Å². The minimum atomic E-state index is -3.43. The molecular weight excluding hydrogens is 380 g/mol. The van der Waals surface area contributed by atoms with Crippen LogP contribution in [-0.4, -0.2) is 37.9 Å².